The molecule has 5 rings (SSSR count). The minimum Gasteiger partial charge on any atom is -0.367 e. The number of nitrogens with zero attached hydrogens (tertiary/aromatic N) is 6. The smallest absolute Gasteiger partial charge is 0.137 e. The summed E-state index contributed by atoms with van der Waals surface area (Å²) in [4.78, 5) is 18.1. The van der Waals surface area contributed by atoms with Gasteiger partial charge in [-0.25, -0.2) is 15.0 Å². The van der Waals surface area contributed by atoms with Crippen LogP contribution in [-0.2, 0) is 0 Å². The standard InChI is InChI=1S/C19H22N6/c1-14-10-19(21-13-20-14)24-8-6-23(7-9-24)16-4-5-18-22-17(15-2-3-15)12-25(18)11-16/h4-5,10-13,15H,2-3,6-9H2,1H3. The Labute approximate surface area is 147 Å². The van der Waals surface area contributed by atoms with Crippen LogP contribution in [0.4, 0.5) is 11.5 Å². The van der Waals surface area contributed by atoms with Crippen LogP contribution in [0.3, 0.4) is 0 Å². The third-order valence-corrected chi connectivity index (χ3v) is 5.21. The van der Waals surface area contributed by atoms with Gasteiger partial charge in [-0.1, -0.05) is 0 Å². The van der Waals surface area contributed by atoms with Crippen LogP contribution >= 0.6 is 0 Å². The van der Waals surface area contributed by atoms with Crippen LogP contribution in [0.1, 0.15) is 30.1 Å². The molecule has 25 heavy (non-hydrogen) atoms. The van der Waals surface area contributed by atoms with Gasteiger partial charge in [0.05, 0.1) is 11.4 Å². The molecule has 0 atom stereocenters. The second-order valence-corrected chi connectivity index (χ2v) is 7.08. The minimum absolute atomic E-state index is 0.697. The van der Waals surface area contributed by atoms with Crippen molar-refractivity contribution in [2.45, 2.75) is 25.7 Å². The number of fused-ring (bicyclic) bond motifs is 1. The zero-order valence-electron chi connectivity index (χ0n) is 14.5. The highest BCUT2D eigenvalue weighted by molar-refractivity contribution is 5.54. The third kappa shape index (κ3) is 2.81. The van der Waals surface area contributed by atoms with Crippen LogP contribution in [0.25, 0.3) is 5.65 Å². The predicted molar refractivity (Wildman–Crippen MR) is 98.4 cm³/mol. The highest BCUT2D eigenvalue weighted by Crippen LogP contribution is 2.39. The summed E-state index contributed by atoms with van der Waals surface area (Å²) >= 11 is 0. The Morgan fingerprint density at radius 2 is 1.76 bits per heavy atom. The summed E-state index contributed by atoms with van der Waals surface area (Å²) in [5.41, 5.74) is 4.59. The molecule has 0 unspecified atom stereocenters. The van der Waals surface area contributed by atoms with E-state index in [-0.39, 0.29) is 0 Å². The number of imidazole rings is 1. The van der Waals surface area contributed by atoms with E-state index in [2.05, 4.69) is 54.8 Å². The van der Waals surface area contributed by atoms with Gasteiger partial charge in [0.15, 0.2) is 0 Å². The average molecular weight is 334 g/mol. The van der Waals surface area contributed by atoms with E-state index in [4.69, 9.17) is 4.98 Å². The van der Waals surface area contributed by atoms with Crippen LogP contribution in [0.15, 0.2) is 36.9 Å². The van der Waals surface area contributed by atoms with E-state index in [1.54, 1.807) is 6.33 Å². The Bertz CT molecular complexity index is 905. The SMILES string of the molecule is Cc1cc(N2CCN(c3ccc4nc(C5CC5)cn4c3)CC2)ncn1. The van der Waals surface area contributed by atoms with Crippen molar-refractivity contribution < 1.29 is 0 Å². The molecule has 1 aliphatic heterocycles. The number of piperazine rings is 1. The Morgan fingerprint density at radius 1 is 0.960 bits per heavy atom. The van der Waals surface area contributed by atoms with Crippen molar-refractivity contribution in [1.82, 2.24) is 19.4 Å². The monoisotopic (exact) mass is 334 g/mol. The number of hydrogen-bond donors (Lipinski definition) is 0. The van der Waals surface area contributed by atoms with Crippen LogP contribution in [0.5, 0.6) is 0 Å². The highest BCUT2D eigenvalue weighted by atomic mass is 15.3. The summed E-state index contributed by atoms with van der Waals surface area (Å²) in [6.45, 7) is 5.96. The topological polar surface area (TPSA) is 49.6 Å². The van der Waals surface area contributed by atoms with Gasteiger partial charge < -0.3 is 14.2 Å². The molecule has 2 fully saturated rings. The Morgan fingerprint density at radius 3 is 2.52 bits per heavy atom. The molecule has 2 aliphatic rings. The van der Waals surface area contributed by atoms with E-state index in [0.29, 0.717) is 5.92 Å². The van der Waals surface area contributed by atoms with Gasteiger partial charge in [-0.15, -0.1) is 0 Å². The molecule has 4 heterocycles. The molecule has 0 bridgehead atoms. The molecular formula is C19H22N6. The number of aromatic nitrogens is 4. The van der Waals surface area contributed by atoms with Gasteiger partial charge in [0.25, 0.3) is 0 Å². The fourth-order valence-corrected chi connectivity index (χ4v) is 3.57. The predicted octanol–water partition coefficient (Wildman–Crippen LogP) is 2.64. The second kappa shape index (κ2) is 5.72. The number of aryl methyl sites for hydroxylation is 1. The van der Waals surface area contributed by atoms with Gasteiger partial charge in [-0.2, -0.15) is 0 Å². The first-order valence-electron chi connectivity index (χ1n) is 9.03. The van der Waals surface area contributed by atoms with Crippen molar-refractivity contribution in [3.05, 3.63) is 48.3 Å². The van der Waals surface area contributed by atoms with Gasteiger partial charge in [0.2, 0.25) is 0 Å². The van der Waals surface area contributed by atoms with E-state index < -0.39 is 0 Å². The largest absolute Gasteiger partial charge is 0.367 e. The molecule has 0 radical (unpaired) electrons. The lowest BCUT2D eigenvalue weighted by Crippen LogP contribution is -2.46. The van der Waals surface area contributed by atoms with Crippen molar-refractivity contribution in [2.24, 2.45) is 0 Å². The van der Waals surface area contributed by atoms with Crippen LogP contribution < -0.4 is 9.80 Å². The number of hydrogen-bond acceptors (Lipinski definition) is 5. The molecule has 1 saturated heterocycles. The lowest BCUT2D eigenvalue weighted by molar-refractivity contribution is 0.645. The van der Waals surface area contributed by atoms with E-state index in [1.165, 1.54) is 24.2 Å². The van der Waals surface area contributed by atoms with Crippen molar-refractivity contribution in [3.63, 3.8) is 0 Å². The molecule has 6 heteroatoms. The summed E-state index contributed by atoms with van der Waals surface area (Å²) in [7, 11) is 0. The molecule has 1 saturated carbocycles. The van der Waals surface area contributed by atoms with E-state index in [1.807, 2.05) is 6.92 Å². The molecule has 0 spiro atoms. The number of rotatable bonds is 3. The van der Waals surface area contributed by atoms with Gasteiger partial charge in [-0.05, 0) is 31.9 Å². The maximum absolute atomic E-state index is 4.74. The summed E-state index contributed by atoms with van der Waals surface area (Å²) in [6.07, 6.45) is 8.67. The van der Waals surface area contributed by atoms with E-state index in [0.717, 1.165) is 43.3 Å². The fourth-order valence-electron chi connectivity index (χ4n) is 3.57. The normalized spacial score (nSPS) is 18.1. The first-order valence-corrected chi connectivity index (χ1v) is 9.03. The average Bonchev–Trinajstić information content (AvgIpc) is 3.41. The van der Waals surface area contributed by atoms with Crippen LogP contribution in [-0.4, -0.2) is 45.5 Å². The van der Waals surface area contributed by atoms with Crippen molar-refractivity contribution >= 4 is 17.2 Å². The van der Waals surface area contributed by atoms with E-state index >= 15 is 0 Å². The number of pyridine rings is 1. The Balaban J connectivity index is 1.32. The molecule has 1 aliphatic carbocycles. The van der Waals surface area contributed by atoms with Crippen LogP contribution in [0.2, 0.25) is 0 Å². The summed E-state index contributed by atoms with van der Waals surface area (Å²) in [6, 6.07) is 6.40. The molecule has 3 aromatic heterocycles. The maximum atomic E-state index is 4.74. The van der Waals surface area contributed by atoms with Gasteiger partial charge in [0.1, 0.15) is 17.8 Å². The van der Waals surface area contributed by atoms with Gasteiger partial charge in [-0.3, -0.25) is 0 Å². The van der Waals surface area contributed by atoms with E-state index in [9.17, 15) is 0 Å². The lowest BCUT2D eigenvalue weighted by Gasteiger charge is -2.36. The van der Waals surface area contributed by atoms with Crippen molar-refractivity contribution in [1.29, 1.82) is 0 Å². The van der Waals surface area contributed by atoms with Gasteiger partial charge >= 0.3 is 0 Å². The molecule has 0 N–H and O–H groups in total. The molecule has 128 valence electrons. The first kappa shape index (κ1) is 14.7. The van der Waals surface area contributed by atoms with Gasteiger partial charge in [0, 0.05) is 56.3 Å². The summed E-state index contributed by atoms with van der Waals surface area (Å²) in [5.74, 6) is 1.73. The lowest BCUT2D eigenvalue weighted by atomic mass is 10.2. The quantitative estimate of drug-likeness (QED) is 0.737. The maximum Gasteiger partial charge on any atom is 0.137 e. The number of anilines is 2. The minimum atomic E-state index is 0.697. The van der Waals surface area contributed by atoms with Crippen molar-refractivity contribution in [3.8, 4) is 0 Å². The van der Waals surface area contributed by atoms with Crippen LogP contribution in [0, 0.1) is 6.92 Å². The molecule has 0 aromatic carbocycles. The fraction of sp³-hybridized carbons (Fsp3) is 0.421. The molecule has 6 nitrogen and oxygen atoms in total. The Hall–Kier alpha value is -2.63. The summed E-state index contributed by atoms with van der Waals surface area (Å²) in [5, 5.41) is 0. The van der Waals surface area contributed by atoms with Crippen molar-refractivity contribution in [2.75, 3.05) is 36.0 Å². The third-order valence-electron chi connectivity index (χ3n) is 5.21. The zero-order chi connectivity index (χ0) is 16.8. The highest BCUT2D eigenvalue weighted by Gasteiger charge is 2.26. The molecule has 3 aromatic rings. The molecular weight excluding hydrogens is 312 g/mol. The zero-order valence-corrected chi connectivity index (χ0v) is 14.5. The Kier molecular flexibility index (Phi) is 3.36. The second-order valence-electron chi connectivity index (χ2n) is 7.08. The first-order chi connectivity index (χ1) is 12.3. The summed E-state index contributed by atoms with van der Waals surface area (Å²) < 4.78 is 2.18. The molecule has 0 amide bonds.